The molecule has 2 aromatic carbocycles. The maximum Gasteiger partial charge on any atom is 0.251 e. The minimum absolute atomic E-state index is 0.353. The van der Waals surface area contributed by atoms with E-state index in [9.17, 15) is 0 Å². The Hall–Kier alpha value is -3.22. The number of hydrogen-bond acceptors (Lipinski definition) is 7. The molecule has 0 unspecified atom stereocenters. The highest BCUT2D eigenvalue weighted by atomic mass is 16.5. The van der Waals surface area contributed by atoms with E-state index in [4.69, 9.17) is 23.4 Å². The van der Waals surface area contributed by atoms with Gasteiger partial charge in [-0.15, -0.1) is 10.2 Å². The van der Waals surface area contributed by atoms with E-state index in [0.717, 1.165) is 5.56 Å². The highest BCUT2D eigenvalue weighted by Crippen LogP contribution is 2.42. The van der Waals surface area contributed by atoms with E-state index in [1.807, 2.05) is 57.2 Å². The summed E-state index contributed by atoms with van der Waals surface area (Å²) in [6, 6.07) is 11.1. The van der Waals surface area contributed by atoms with E-state index in [2.05, 4.69) is 10.2 Å². The quantitative estimate of drug-likeness (QED) is 0.533. The largest absolute Gasteiger partial charge is 0.496 e. The summed E-state index contributed by atoms with van der Waals surface area (Å²) < 4.78 is 28.5. The normalized spacial score (nSPS) is 10.6. The van der Waals surface area contributed by atoms with E-state index in [0.29, 0.717) is 60.2 Å². The maximum atomic E-state index is 5.91. The molecule has 7 heteroatoms. The van der Waals surface area contributed by atoms with Crippen LogP contribution in [0.1, 0.15) is 20.8 Å². The van der Waals surface area contributed by atoms with Gasteiger partial charge in [-0.3, -0.25) is 0 Å². The summed E-state index contributed by atoms with van der Waals surface area (Å²) in [7, 11) is 1.60. The minimum Gasteiger partial charge on any atom is -0.496 e. The second kappa shape index (κ2) is 9.12. The fourth-order valence-corrected chi connectivity index (χ4v) is 2.78. The summed E-state index contributed by atoms with van der Waals surface area (Å²) >= 11 is 0. The number of benzene rings is 2. The highest BCUT2D eigenvalue weighted by molar-refractivity contribution is 5.68. The van der Waals surface area contributed by atoms with E-state index in [-0.39, 0.29) is 0 Å². The van der Waals surface area contributed by atoms with Crippen LogP contribution in [0.4, 0.5) is 0 Å². The topological polar surface area (TPSA) is 75.8 Å². The Balaban J connectivity index is 2.05. The molecular weight excluding hydrogens is 360 g/mol. The smallest absolute Gasteiger partial charge is 0.251 e. The fraction of sp³-hybridized carbons (Fsp3) is 0.333. The van der Waals surface area contributed by atoms with Crippen LogP contribution in [0.2, 0.25) is 0 Å². The monoisotopic (exact) mass is 384 g/mol. The lowest BCUT2D eigenvalue weighted by Crippen LogP contribution is -2.03. The Bertz CT molecular complexity index is 896. The molecule has 0 aliphatic heterocycles. The molecule has 3 rings (SSSR count). The lowest BCUT2D eigenvalue weighted by molar-refractivity contribution is 0.261. The second-order valence-electron chi connectivity index (χ2n) is 5.71. The van der Waals surface area contributed by atoms with Crippen LogP contribution in [0.25, 0.3) is 22.9 Å². The van der Waals surface area contributed by atoms with Crippen molar-refractivity contribution in [3.05, 3.63) is 36.4 Å². The molecular formula is C21H24N2O5. The summed E-state index contributed by atoms with van der Waals surface area (Å²) in [5.74, 6) is 3.10. The zero-order chi connectivity index (χ0) is 19.9. The third-order valence-electron chi connectivity index (χ3n) is 3.92. The molecule has 0 saturated carbocycles. The molecule has 7 nitrogen and oxygen atoms in total. The van der Waals surface area contributed by atoms with Crippen LogP contribution in [0, 0.1) is 0 Å². The van der Waals surface area contributed by atoms with Crippen LogP contribution in [-0.4, -0.2) is 37.1 Å². The molecule has 0 radical (unpaired) electrons. The van der Waals surface area contributed by atoms with Gasteiger partial charge in [0.15, 0.2) is 11.5 Å². The van der Waals surface area contributed by atoms with Crippen LogP contribution >= 0.6 is 0 Å². The summed E-state index contributed by atoms with van der Waals surface area (Å²) in [5.41, 5.74) is 1.41. The van der Waals surface area contributed by atoms with Crippen molar-refractivity contribution >= 4 is 0 Å². The lowest BCUT2D eigenvalue weighted by atomic mass is 10.1. The van der Waals surface area contributed by atoms with Crippen LogP contribution < -0.4 is 18.9 Å². The zero-order valence-corrected chi connectivity index (χ0v) is 16.5. The average molecular weight is 384 g/mol. The molecule has 0 saturated heterocycles. The fourth-order valence-electron chi connectivity index (χ4n) is 2.78. The Morgan fingerprint density at radius 1 is 0.786 bits per heavy atom. The third-order valence-corrected chi connectivity index (χ3v) is 3.92. The van der Waals surface area contributed by atoms with Gasteiger partial charge in [0.05, 0.1) is 32.5 Å². The number of aromatic nitrogens is 2. The Morgan fingerprint density at radius 3 is 2.00 bits per heavy atom. The molecule has 0 atom stereocenters. The van der Waals surface area contributed by atoms with Crippen LogP contribution in [-0.2, 0) is 0 Å². The first kappa shape index (κ1) is 19.5. The van der Waals surface area contributed by atoms with Crippen molar-refractivity contribution in [1.29, 1.82) is 0 Å². The Kier molecular flexibility index (Phi) is 6.37. The molecule has 1 heterocycles. The van der Waals surface area contributed by atoms with Crippen molar-refractivity contribution in [2.24, 2.45) is 0 Å². The zero-order valence-electron chi connectivity index (χ0n) is 16.5. The second-order valence-corrected chi connectivity index (χ2v) is 5.71. The van der Waals surface area contributed by atoms with Gasteiger partial charge in [-0.25, -0.2) is 0 Å². The van der Waals surface area contributed by atoms with Gasteiger partial charge in [0, 0.05) is 5.56 Å². The first-order valence-electron chi connectivity index (χ1n) is 9.25. The van der Waals surface area contributed by atoms with Gasteiger partial charge >= 0.3 is 0 Å². The SMILES string of the molecule is CCOc1cc(-c2nnc(-c3ccccc3OC)o2)cc(OCC)c1OCC. The molecule has 0 aliphatic rings. The van der Waals surface area contributed by atoms with Crippen molar-refractivity contribution in [3.8, 4) is 45.9 Å². The predicted octanol–water partition coefficient (Wildman–Crippen LogP) is 4.61. The minimum atomic E-state index is 0.353. The van der Waals surface area contributed by atoms with E-state index in [1.54, 1.807) is 7.11 Å². The highest BCUT2D eigenvalue weighted by Gasteiger charge is 2.20. The van der Waals surface area contributed by atoms with Crippen molar-refractivity contribution in [1.82, 2.24) is 10.2 Å². The molecule has 0 spiro atoms. The summed E-state index contributed by atoms with van der Waals surface area (Å²) in [6.07, 6.45) is 0. The van der Waals surface area contributed by atoms with Crippen molar-refractivity contribution in [2.75, 3.05) is 26.9 Å². The lowest BCUT2D eigenvalue weighted by Gasteiger charge is -2.16. The summed E-state index contributed by atoms with van der Waals surface area (Å²) in [6.45, 7) is 7.22. The van der Waals surface area contributed by atoms with Gasteiger partial charge in [-0.2, -0.15) is 0 Å². The third kappa shape index (κ3) is 4.03. The number of methoxy groups -OCH3 is 1. The van der Waals surface area contributed by atoms with E-state index >= 15 is 0 Å². The molecule has 0 aliphatic carbocycles. The molecule has 0 amide bonds. The predicted molar refractivity (Wildman–Crippen MR) is 105 cm³/mol. The molecule has 3 aromatic rings. The maximum absolute atomic E-state index is 5.91. The molecule has 28 heavy (non-hydrogen) atoms. The number of nitrogens with zero attached hydrogens (tertiary/aromatic N) is 2. The first-order chi connectivity index (χ1) is 13.7. The first-order valence-corrected chi connectivity index (χ1v) is 9.25. The van der Waals surface area contributed by atoms with Gasteiger partial charge < -0.3 is 23.4 Å². The molecule has 0 fully saturated rings. The average Bonchev–Trinajstić information content (AvgIpc) is 3.20. The molecule has 0 N–H and O–H groups in total. The number of hydrogen-bond donors (Lipinski definition) is 0. The number of ether oxygens (including phenoxy) is 4. The van der Waals surface area contributed by atoms with Gasteiger partial charge in [-0.05, 0) is 45.0 Å². The summed E-state index contributed by atoms with van der Waals surface area (Å²) in [4.78, 5) is 0. The van der Waals surface area contributed by atoms with Crippen molar-refractivity contribution < 1.29 is 23.4 Å². The Morgan fingerprint density at radius 2 is 1.39 bits per heavy atom. The number of para-hydroxylation sites is 1. The van der Waals surface area contributed by atoms with Gasteiger partial charge in [-0.1, -0.05) is 12.1 Å². The molecule has 0 bridgehead atoms. The van der Waals surface area contributed by atoms with Crippen molar-refractivity contribution in [3.63, 3.8) is 0 Å². The standard InChI is InChI=1S/C21H24N2O5/c1-5-25-17-12-14(13-18(26-6-2)19(17)27-7-3)20-22-23-21(28-20)15-10-8-9-11-16(15)24-4/h8-13H,5-7H2,1-4H3. The van der Waals surface area contributed by atoms with Crippen LogP contribution in [0.15, 0.2) is 40.8 Å². The molecule has 148 valence electrons. The van der Waals surface area contributed by atoms with E-state index < -0.39 is 0 Å². The Labute approximate surface area is 164 Å². The van der Waals surface area contributed by atoms with Crippen LogP contribution in [0.5, 0.6) is 23.0 Å². The van der Waals surface area contributed by atoms with Gasteiger partial charge in [0.2, 0.25) is 11.6 Å². The summed E-state index contributed by atoms with van der Waals surface area (Å²) in [5, 5.41) is 8.36. The van der Waals surface area contributed by atoms with Crippen molar-refractivity contribution in [2.45, 2.75) is 20.8 Å². The van der Waals surface area contributed by atoms with Gasteiger partial charge in [0.1, 0.15) is 5.75 Å². The van der Waals surface area contributed by atoms with E-state index in [1.165, 1.54) is 0 Å². The van der Waals surface area contributed by atoms with Crippen LogP contribution in [0.3, 0.4) is 0 Å². The number of rotatable bonds is 9. The molecule has 1 aromatic heterocycles. The van der Waals surface area contributed by atoms with Gasteiger partial charge in [0.25, 0.3) is 5.89 Å².